The lowest BCUT2D eigenvalue weighted by Crippen LogP contribution is -2.65. The van der Waals surface area contributed by atoms with Gasteiger partial charge in [-0.25, -0.2) is 0 Å². The summed E-state index contributed by atoms with van der Waals surface area (Å²) in [6.07, 6.45) is -14.0. The van der Waals surface area contributed by atoms with E-state index >= 15 is 0 Å². The number of rotatable bonds is 22. The summed E-state index contributed by atoms with van der Waals surface area (Å²) in [6.45, 7) is 0.796. The molecule has 9 N–H and O–H groups in total. The van der Waals surface area contributed by atoms with Gasteiger partial charge < -0.3 is 79.1 Å². The smallest absolute Gasteiger partial charge is 0.306 e. The van der Waals surface area contributed by atoms with Gasteiger partial charge in [0.25, 0.3) is 0 Å². The molecule has 0 spiro atoms. The van der Waals surface area contributed by atoms with Crippen molar-refractivity contribution in [3.05, 3.63) is 0 Å². The van der Waals surface area contributed by atoms with Crippen LogP contribution in [0.4, 0.5) is 0 Å². The van der Waals surface area contributed by atoms with Crippen molar-refractivity contribution < 1.29 is 88.7 Å². The Hall–Kier alpha value is -1.62. The number of carbonyl (C=O) groups excluding carboxylic acids is 2. The molecule has 3 saturated heterocycles. The van der Waals surface area contributed by atoms with E-state index in [4.69, 9.17) is 33.2 Å². The molecule has 0 radical (unpaired) electrons. The average Bonchev–Trinajstić information content (AvgIpc) is 3.37. The molecule has 304 valence electrons. The van der Waals surface area contributed by atoms with Crippen LogP contribution in [0.3, 0.4) is 0 Å². The third kappa shape index (κ3) is 11.7. The number of aliphatic hydroxyl groups is 9. The molecule has 0 aromatic rings. The standard InChI is InChI=1S/C34H60O18/c1-3-5-7-9-11-13-22(38)49-29-25(41)21(17-46-32-28(44)27(43)24(40)19(15-35)47-32)48-33(30(29)50-23(39)14-12-10-8-6-4-2)52-34(18-37)31(45)26(42)20(16-36)51-34/h19-21,24-33,35-37,40-45H,3-18H2,1-2H3/t19-,20-,21-,24+,25-,26-,27+,28-,29+,30-,31+,32+,33-,34+/m1/s1. The fraction of sp³-hybridized carbons (Fsp3) is 0.941. The zero-order valence-corrected chi connectivity index (χ0v) is 30.0. The van der Waals surface area contributed by atoms with Crippen molar-refractivity contribution in [3.8, 4) is 0 Å². The number of esters is 2. The minimum absolute atomic E-state index is 0.0454. The number of hydrogen-bond donors (Lipinski definition) is 9. The first-order valence-electron chi connectivity index (χ1n) is 18.5. The van der Waals surface area contributed by atoms with Gasteiger partial charge >= 0.3 is 11.9 Å². The lowest BCUT2D eigenvalue weighted by atomic mass is 9.97. The van der Waals surface area contributed by atoms with Gasteiger partial charge in [-0.1, -0.05) is 65.2 Å². The molecule has 52 heavy (non-hydrogen) atoms. The summed E-state index contributed by atoms with van der Waals surface area (Å²) < 4.78 is 39.9. The summed E-state index contributed by atoms with van der Waals surface area (Å²) in [5.41, 5.74) is 0. The van der Waals surface area contributed by atoms with E-state index in [0.29, 0.717) is 12.8 Å². The van der Waals surface area contributed by atoms with E-state index < -0.39 is 124 Å². The van der Waals surface area contributed by atoms with Crippen LogP contribution in [0.5, 0.6) is 0 Å². The van der Waals surface area contributed by atoms with Crippen LogP contribution in [0.25, 0.3) is 0 Å². The number of hydrogen-bond acceptors (Lipinski definition) is 18. The molecule has 0 bridgehead atoms. The third-order valence-corrected chi connectivity index (χ3v) is 9.62. The second-order valence-corrected chi connectivity index (χ2v) is 13.7. The molecule has 0 amide bonds. The van der Waals surface area contributed by atoms with Gasteiger partial charge in [0.15, 0.2) is 18.5 Å². The van der Waals surface area contributed by atoms with E-state index in [1.807, 2.05) is 13.8 Å². The maximum absolute atomic E-state index is 13.2. The van der Waals surface area contributed by atoms with Gasteiger partial charge in [0.1, 0.15) is 61.5 Å². The Morgan fingerprint density at radius 3 is 1.65 bits per heavy atom. The van der Waals surface area contributed by atoms with Crippen molar-refractivity contribution in [1.82, 2.24) is 0 Å². The molecule has 3 fully saturated rings. The van der Waals surface area contributed by atoms with Gasteiger partial charge in [-0.2, -0.15) is 0 Å². The van der Waals surface area contributed by atoms with Crippen LogP contribution in [0.15, 0.2) is 0 Å². The predicted molar refractivity (Wildman–Crippen MR) is 176 cm³/mol. The molecule has 3 aliphatic rings. The summed E-state index contributed by atoms with van der Waals surface area (Å²) in [6, 6.07) is 0. The van der Waals surface area contributed by atoms with Gasteiger partial charge in [0, 0.05) is 12.8 Å². The molecule has 14 atom stereocenters. The molecule has 0 aliphatic carbocycles. The van der Waals surface area contributed by atoms with E-state index in [0.717, 1.165) is 51.4 Å². The largest absolute Gasteiger partial charge is 0.455 e. The fourth-order valence-corrected chi connectivity index (χ4v) is 6.41. The Morgan fingerprint density at radius 1 is 0.596 bits per heavy atom. The van der Waals surface area contributed by atoms with Crippen LogP contribution < -0.4 is 0 Å². The van der Waals surface area contributed by atoms with Crippen molar-refractivity contribution in [2.75, 3.05) is 26.4 Å². The molecule has 3 heterocycles. The van der Waals surface area contributed by atoms with Gasteiger partial charge in [0.2, 0.25) is 12.1 Å². The van der Waals surface area contributed by atoms with Crippen molar-refractivity contribution in [1.29, 1.82) is 0 Å². The Balaban J connectivity index is 1.92. The van der Waals surface area contributed by atoms with E-state index in [1.54, 1.807) is 0 Å². The predicted octanol–water partition coefficient (Wildman–Crippen LogP) is -1.75. The zero-order chi connectivity index (χ0) is 38.4. The van der Waals surface area contributed by atoms with Gasteiger partial charge in [-0.15, -0.1) is 0 Å². The van der Waals surface area contributed by atoms with E-state index in [1.165, 1.54) is 0 Å². The van der Waals surface area contributed by atoms with E-state index in [-0.39, 0.29) is 12.8 Å². The molecule has 18 nitrogen and oxygen atoms in total. The minimum atomic E-state index is -2.46. The lowest BCUT2D eigenvalue weighted by molar-refractivity contribution is -0.388. The van der Waals surface area contributed by atoms with Crippen molar-refractivity contribution in [2.45, 2.75) is 176 Å². The molecule has 0 saturated carbocycles. The Labute approximate surface area is 303 Å². The first kappa shape index (κ1) is 44.8. The highest BCUT2D eigenvalue weighted by atomic mass is 16.8. The highest BCUT2D eigenvalue weighted by Gasteiger charge is 2.60. The average molecular weight is 757 g/mol. The van der Waals surface area contributed by atoms with Crippen LogP contribution >= 0.6 is 0 Å². The van der Waals surface area contributed by atoms with Crippen LogP contribution in [0.1, 0.15) is 90.9 Å². The first-order chi connectivity index (χ1) is 24.9. The van der Waals surface area contributed by atoms with Crippen molar-refractivity contribution in [2.24, 2.45) is 0 Å². The maximum Gasteiger partial charge on any atom is 0.306 e. The van der Waals surface area contributed by atoms with Crippen LogP contribution in [0.2, 0.25) is 0 Å². The Kier molecular flexibility index (Phi) is 19.0. The molecule has 0 aromatic heterocycles. The molecule has 3 aliphatic heterocycles. The van der Waals surface area contributed by atoms with Gasteiger partial charge in [-0.3, -0.25) is 9.59 Å². The first-order valence-corrected chi connectivity index (χ1v) is 18.5. The second kappa shape index (κ2) is 22.1. The summed E-state index contributed by atoms with van der Waals surface area (Å²) in [5.74, 6) is -3.97. The molecule has 3 rings (SSSR count). The highest BCUT2D eigenvalue weighted by molar-refractivity contribution is 5.70. The number of unbranched alkanes of at least 4 members (excludes halogenated alkanes) is 8. The molecule has 18 heteroatoms. The summed E-state index contributed by atoms with van der Waals surface area (Å²) in [7, 11) is 0. The number of aliphatic hydroxyl groups excluding tert-OH is 9. The molecule has 0 aromatic carbocycles. The van der Waals surface area contributed by atoms with E-state index in [2.05, 4.69) is 0 Å². The van der Waals surface area contributed by atoms with Gasteiger partial charge in [0.05, 0.1) is 19.8 Å². The summed E-state index contributed by atoms with van der Waals surface area (Å²) in [4.78, 5) is 26.3. The highest BCUT2D eigenvalue weighted by Crippen LogP contribution is 2.38. The SMILES string of the molecule is CCCCCCCC(=O)O[C@H]1[C@@H](O[C@]2(CO)O[C@H](CO)[C@@H](O)[C@@H]2O)O[C@H](CO[C@H]2O[C@H](CO)[C@H](O)[C@H](O)[C@H]2O)[C@@H](O)[C@@H]1OC(=O)CCCCCCC. The third-order valence-electron chi connectivity index (χ3n) is 9.62. The summed E-state index contributed by atoms with van der Waals surface area (Å²) >= 11 is 0. The van der Waals surface area contributed by atoms with Crippen LogP contribution in [0, 0.1) is 0 Å². The minimum Gasteiger partial charge on any atom is -0.455 e. The van der Waals surface area contributed by atoms with E-state index in [9.17, 15) is 55.5 Å². The lowest BCUT2D eigenvalue weighted by Gasteiger charge is -2.46. The summed E-state index contributed by atoms with van der Waals surface area (Å²) in [5, 5.41) is 93.4. The fourth-order valence-electron chi connectivity index (χ4n) is 6.41. The Morgan fingerprint density at radius 2 is 1.13 bits per heavy atom. The maximum atomic E-state index is 13.2. The second-order valence-electron chi connectivity index (χ2n) is 13.7. The van der Waals surface area contributed by atoms with Crippen molar-refractivity contribution >= 4 is 11.9 Å². The topological polar surface area (TPSA) is 281 Å². The zero-order valence-electron chi connectivity index (χ0n) is 30.0. The molecule has 0 unspecified atom stereocenters. The van der Waals surface area contributed by atoms with Gasteiger partial charge in [-0.05, 0) is 12.8 Å². The van der Waals surface area contributed by atoms with Crippen molar-refractivity contribution in [3.63, 3.8) is 0 Å². The molecular weight excluding hydrogens is 696 g/mol. The Bertz CT molecular complexity index is 1050. The van der Waals surface area contributed by atoms with Crippen LogP contribution in [-0.4, -0.2) is 170 Å². The normalized spacial score (nSPS) is 37.9. The monoisotopic (exact) mass is 756 g/mol. The molecular formula is C34H60O18. The number of ether oxygens (including phenoxy) is 7. The quantitative estimate of drug-likeness (QED) is 0.0437. The van der Waals surface area contributed by atoms with Crippen LogP contribution in [-0.2, 0) is 42.7 Å². The number of carbonyl (C=O) groups is 2.